The zero-order chi connectivity index (χ0) is 20.5. The van der Waals surface area contributed by atoms with Crippen LogP contribution in [0.4, 0.5) is 11.4 Å². The number of amides is 2. The number of likely N-dealkylation sites (tertiary alicyclic amines) is 1. The van der Waals surface area contributed by atoms with E-state index in [-0.39, 0.29) is 30.0 Å². The number of aryl methyl sites for hydroxylation is 1. The second kappa shape index (κ2) is 10.7. The van der Waals surface area contributed by atoms with Gasteiger partial charge in [0.1, 0.15) is 0 Å². The van der Waals surface area contributed by atoms with Gasteiger partial charge in [-0.1, -0.05) is 0 Å². The number of methoxy groups -OCH3 is 1. The molecule has 1 heterocycles. The molecule has 2 rings (SSSR count). The van der Waals surface area contributed by atoms with Crippen molar-refractivity contribution >= 4 is 23.2 Å². The number of nitro benzene ring substituents is 1. The number of nitrogens with zero attached hydrogens (tertiary/aromatic N) is 2. The molecule has 0 spiro atoms. The Morgan fingerprint density at radius 3 is 2.64 bits per heavy atom. The van der Waals surface area contributed by atoms with Crippen LogP contribution in [-0.2, 0) is 14.3 Å². The third-order valence-electron chi connectivity index (χ3n) is 4.84. The van der Waals surface area contributed by atoms with Gasteiger partial charge in [-0.15, -0.1) is 0 Å². The van der Waals surface area contributed by atoms with Gasteiger partial charge in [-0.3, -0.25) is 24.6 Å². The van der Waals surface area contributed by atoms with Crippen LogP contribution in [0.5, 0.6) is 0 Å². The summed E-state index contributed by atoms with van der Waals surface area (Å²) in [5, 5.41) is 16.5. The van der Waals surface area contributed by atoms with Crippen molar-refractivity contribution in [2.45, 2.75) is 26.2 Å². The van der Waals surface area contributed by atoms with Crippen LogP contribution in [-0.4, -0.2) is 61.5 Å². The van der Waals surface area contributed by atoms with Crippen LogP contribution in [0.25, 0.3) is 0 Å². The van der Waals surface area contributed by atoms with Gasteiger partial charge in [-0.05, 0) is 50.9 Å². The third kappa shape index (κ3) is 6.58. The number of carbonyl (C=O) groups is 2. The highest BCUT2D eigenvalue weighted by Gasteiger charge is 2.25. The normalized spacial score (nSPS) is 15.2. The molecule has 0 saturated carbocycles. The zero-order valence-electron chi connectivity index (χ0n) is 16.4. The van der Waals surface area contributed by atoms with Gasteiger partial charge >= 0.3 is 0 Å². The minimum Gasteiger partial charge on any atom is -0.385 e. The van der Waals surface area contributed by atoms with E-state index in [0.717, 1.165) is 19.3 Å². The lowest BCUT2D eigenvalue weighted by atomic mass is 9.96. The van der Waals surface area contributed by atoms with E-state index in [2.05, 4.69) is 10.6 Å². The molecule has 0 aliphatic carbocycles. The van der Waals surface area contributed by atoms with Crippen molar-refractivity contribution in [2.24, 2.45) is 5.92 Å². The molecule has 1 aliphatic heterocycles. The monoisotopic (exact) mass is 392 g/mol. The lowest BCUT2D eigenvalue weighted by Crippen LogP contribution is -2.43. The number of nitro groups is 1. The second-order valence-electron chi connectivity index (χ2n) is 6.99. The number of piperidine rings is 1. The van der Waals surface area contributed by atoms with Crippen molar-refractivity contribution in [3.05, 3.63) is 33.9 Å². The Morgan fingerprint density at radius 2 is 2.04 bits per heavy atom. The van der Waals surface area contributed by atoms with Gasteiger partial charge in [0, 0.05) is 44.0 Å². The highest BCUT2D eigenvalue weighted by atomic mass is 16.6. The summed E-state index contributed by atoms with van der Waals surface area (Å²) < 4.78 is 4.96. The summed E-state index contributed by atoms with van der Waals surface area (Å²) in [5.74, 6) is -0.111. The van der Waals surface area contributed by atoms with Crippen molar-refractivity contribution in [1.82, 2.24) is 10.2 Å². The summed E-state index contributed by atoms with van der Waals surface area (Å²) in [6, 6.07) is 4.36. The van der Waals surface area contributed by atoms with Crippen LogP contribution in [0.2, 0.25) is 0 Å². The SMILES string of the molecule is COCCCNC(=O)C1CCN(CC(=O)Nc2ccc([N+](=O)[O-])cc2C)CC1. The van der Waals surface area contributed by atoms with Crippen LogP contribution >= 0.6 is 0 Å². The van der Waals surface area contributed by atoms with Gasteiger partial charge < -0.3 is 15.4 Å². The molecule has 28 heavy (non-hydrogen) atoms. The van der Waals surface area contributed by atoms with Gasteiger partial charge in [-0.2, -0.15) is 0 Å². The molecular weight excluding hydrogens is 364 g/mol. The van der Waals surface area contributed by atoms with Crippen molar-refractivity contribution in [3.63, 3.8) is 0 Å². The molecule has 0 atom stereocenters. The largest absolute Gasteiger partial charge is 0.385 e. The topological polar surface area (TPSA) is 114 Å². The molecule has 2 amide bonds. The average molecular weight is 392 g/mol. The Hall–Kier alpha value is -2.52. The van der Waals surface area contributed by atoms with E-state index in [1.165, 1.54) is 12.1 Å². The van der Waals surface area contributed by atoms with Gasteiger partial charge in [0.2, 0.25) is 11.8 Å². The molecule has 1 saturated heterocycles. The predicted molar refractivity (Wildman–Crippen MR) is 105 cm³/mol. The summed E-state index contributed by atoms with van der Waals surface area (Å²) in [6.45, 7) is 4.57. The van der Waals surface area contributed by atoms with Crippen molar-refractivity contribution in [3.8, 4) is 0 Å². The standard InChI is InChI=1S/C19H28N4O5/c1-14-12-16(23(26)27)4-5-17(14)21-18(24)13-22-9-6-15(7-10-22)19(25)20-8-3-11-28-2/h4-5,12,15H,3,6-11,13H2,1-2H3,(H,20,25)(H,21,24). The molecule has 1 aromatic rings. The van der Waals surface area contributed by atoms with E-state index >= 15 is 0 Å². The van der Waals surface area contributed by atoms with E-state index in [9.17, 15) is 19.7 Å². The predicted octanol–water partition coefficient (Wildman–Crippen LogP) is 1.71. The molecular formula is C19H28N4O5. The number of rotatable bonds is 9. The molecule has 0 aromatic heterocycles. The van der Waals surface area contributed by atoms with Crippen molar-refractivity contribution in [1.29, 1.82) is 0 Å². The first-order valence-corrected chi connectivity index (χ1v) is 9.44. The minimum absolute atomic E-state index is 0.00179. The quantitative estimate of drug-likeness (QED) is 0.376. The Labute approximate surface area is 164 Å². The van der Waals surface area contributed by atoms with Crippen molar-refractivity contribution < 1.29 is 19.2 Å². The first kappa shape index (κ1) is 21.8. The number of benzene rings is 1. The van der Waals surface area contributed by atoms with Gasteiger partial charge in [0.15, 0.2) is 0 Å². The summed E-state index contributed by atoms with van der Waals surface area (Å²) in [7, 11) is 1.64. The first-order valence-electron chi connectivity index (χ1n) is 9.44. The number of carbonyl (C=O) groups excluding carboxylic acids is 2. The zero-order valence-corrected chi connectivity index (χ0v) is 16.4. The Bertz CT molecular complexity index is 702. The lowest BCUT2D eigenvalue weighted by molar-refractivity contribution is -0.384. The highest BCUT2D eigenvalue weighted by Crippen LogP contribution is 2.21. The van der Waals surface area contributed by atoms with Crippen LogP contribution in [0, 0.1) is 23.0 Å². The Kier molecular flexibility index (Phi) is 8.34. The average Bonchev–Trinajstić information content (AvgIpc) is 2.67. The third-order valence-corrected chi connectivity index (χ3v) is 4.84. The number of hydrogen-bond acceptors (Lipinski definition) is 6. The smallest absolute Gasteiger partial charge is 0.269 e. The number of anilines is 1. The van der Waals surface area contributed by atoms with Gasteiger partial charge in [0.05, 0.1) is 11.5 Å². The highest BCUT2D eigenvalue weighted by molar-refractivity contribution is 5.93. The molecule has 154 valence electrons. The fraction of sp³-hybridized carbons (Fsp3) is 0.579. The van der Waals surface area contributed by atoms with Crippen LogP contribution in [0.1, 0.15) is 24.8 Å². The lowest BCUT2D eigenvalue weighted by Gasteiger charge is -2.30. The Balaban J connectivity index is 1.74. The van der Waals surface area contributed by atoms with E-state index in [4.69, 9.17) is 4.74 Å². The molecule has 1 aromatic carbocycles. The van der Waals surface area contributed by atoms with Crippen LogP contribution in [0.15, 0.2) is 18.2 Å². The maximum absolute atomic E-state index is 12.3. The molecule has 1 aliphatic rings. The molecule has 0 unspecified atom stereocenters. The summed E-state index contributed by atoms with van der Waals surface area (Å²) in [6.07, 6.45) is 2.24. The van der Waals surface area contributed by atoms with Crippen LogP contribution in [0.3, 0.4) is 0 Å². The second-order valence-corrected chi connectivity index (χ2v) is 6.99. The fourth-order valence-corrected chi connectivity index (χ4v) is 3.22. The van der Waals surface area contributed by atoms with E-state index in [0.29, 0.717) is 37.5 Å². The molecule has 9 nitrogen and oxygen atoms in total. The van der Waals surface area contributed by atoms with Crippen LogP contribution < -0.4 is 10.6 Å². The molecule has 2 N–H and O–H groups in total. The molecule has 0 radical (unpaired) electrons. The van der Waals surface area contributed by atoms with Gasteiger partial charge in [0.25, 0.3) is 5.69 Å². The number of hydrogen-bond donors (Lipinski definition) is 2. The summed E-state index contributed by atoms with van der Waals surface area (Å²) >= 11 is 0. The van der Waals surface area contributed by atoms with E-state index in [1.807, 2.05) is 4.90 Å². The maximum atomic E-state index is 12.3. The summed E-state index contributed by atoms with van der Waals surface area (Å²) in [4.78, 5) is 36.8. The van der Waals surface area contributed by atoms with E-state index < -0.39 is 4.92 Å². The maximum Gasteiger partial charge on any atom is 0.269 e. The van der Waals surface area contributed by atoms with Crippen molar-refractivity contribution in [2.75, 3.05) is 45.2 Å². The fourth-order valence-electron chi connectivity index (χ4n) is 3.22. The number of nitrogens with one attached hydrogen (secondary N) is 2. The number of ether oxygens (including phenoxy) is 1. The minimum atomic E-state index is -0.462. The summed E-state index contributed by atoms with van der Waals surface area (Å²) in [5.41, 5.74) is 1.21. The van der Waals surface area contributed by atoms with E-state index in [1.54, 1.807) is 20.1 Å². The molecule has 1 fully saturated rings. The number of non-ortho nitro benzene ring substituents is 1. The molecule has 9 heteroatoms. The Morgan fingerprint density at radius 1 is 1.32 bits per heavy atom. The molecule has 0 bridgehead atoms. The first-order chi connectivity index (χ1) is 13.4. The van der Waals surface area contributed by atoms with Gasteiger partial charge in [-0.25, -0.2) is 0 Å².